The number of anilines is 2. The van der Waals surface area contributed by atoms with Gasteiger partial charge in [0.1, 0.15) is 0 Å². The van der Waals surface area contributed by atoms with Crippen molar-refractivity contribution in [3.8, 4) is 0 Å². The van der Waals surface area contributed by atoms with Gasteiger partial charge in [0.2, 0.25) is 5.91 Å². The molecule has 1 aliphatic heterocycles. The summed E-state index contributed by atoms with van der Waals surface area (Å²) in [5.74, 6) is 0.189. The predicted octanol–water partition coefficient (Wildman–Crippen LogP) is 3.03. The lowest BCUT2D eigenvalue weighted by Crippen LogP contribution is -2.22. The zero-order valence-corrected chi connectivity index (χ0v) is 10.5. The van der Waals surface area contributed by atoms with Gasteiger partial charge in [-0.25, -0.2) is 0 Å². The van der Waals surface area contributed by atoms with Crippen molar-refractivity contribution >= 4 is 17.3 Å². The number of rotatable bonds is 3. The van der Waals surface area contributed by atoms with E-state index in [1.807, 2.05) is 26.0 Å². The average Bonchev–Trinajstić information content (AvgIpc) is 2.38. The SMILES string of the molecule is CCC(C)C(=O)Nc1cccc2c1CCCN2. The molecule has 1 heterocycles. The lowest BCUT2D eigenvalue weighted by molar-refractivity contribution is -0.119. The van der Waals surface area contributed by atoms with Crippen LogP contribution in [-0.4, -0.2) is 12.5 Å². The van der Waals surface area contributed by atoms with Gasteiger partial charge in [-0.3, -0.25) is 4.79 Å². The summed E-state index contributed by atoms with van der Waals surface area (Å²) in [6, 6.07) is 6.06. The van der Waals surface area contributed by atoms with Crippen LogP contribution in [0.5, 0.6) is 0 Å². The Morgan fingerprint density at radius 1 is 1.53 bits per heavy atom. The van der Waals surface area contributed by atoms with Crippen LogP contribution in [0.1, 0.15) is 32.3 Å². The molecule has 0 fully saturated rings. The number of benzene rings is 1. The van der Waals surface area contributed by atoms with Crippen molar-refractivity contribution in [2.75, 3.05) is 17.2 Å². The highest BCUT2D eigenvalue weighted by Gasteiger charge is 2.16. The Bertz CT molecular complexity index is 415. The first kappa shape index (κ1) is 12.0. The largest absolute Gasteiger partial charge is 0.385 e. The molecule has 0 bridgehead atoms. The summed E-state index contributed by atoms with van der Waals surface area (Å²) >= 11 is 0. The minimum Gasteiger partial charge on any atom is -0.385 e. The molecular formula is C14H20N2O. The van der Waals surface area contributed by atoms with Gasteiger partial charge in [0.05, 0.1) is 0 Å². The minimum absolute atomic E-state index is 0.0717. The van der Waals surface area contributed by atoms with Crippen LogP contribution in [-0.2, 0) is 11.2 Å². The van der Waals surface area contributed by atoms with Gasteiger partial charge in [0.25, 0.3) is 0 Å². The quantitative estimate of drug-likeness (QED) is 0.841. The van der Waals surface area contributed by atoms with E-state index in [-0.39, 0.29) is 11.8 Å². The lowest BCUT2D eigenvalue weighted by atomic mass is 10.0. The molecule has 1 aromatic carbocycles. The van der Waals surface area contributed by atoms with Crippen LogP contribution in [0, 0.1) is 5.92 Å². The van der Waals surface area contributed by atoms with Crippen molar-refractivity contribution in [3.05, 3.63) is 23.8 Å². The van der Waals surface area contributed by atoms with E-state index in [4.69, 9.17) is 0 Å². The van der Waals surface area contributed by atoms with Crippen molar-refractivity contribution < 1.29 is 4.79 Å². The fourth-order valence-corrected chi connectivity index (χ4v) is 2.07. The first-order valence-electron chi connectivity index (χ1n) is 6.39. The van der Waals surface area contributed by atoms with Crippen LogP contribution in [0.25, 0.3) is 0 Å². The van der Waals surface area contributed by atoms with Crippen LogP contribution in [0.3, 0.4) is 0 Å². The van der Waals surface area contributed by atoms with Crippen LogP contribution < -0.4 is 10.6 Å². The van der Waals surface area contributed by atoms with E-state index in [0.29, 0.717) is 0 Å². The number of amides is 1. The van der Waals surface area contributed by atoms with Gasteiger partial charge in [-0.2, -0.15) is 0 Å². The van der Waals surface area contributed by atoms with Gasteiger partial charge < -0.3 is 10.6 Å². The zero-order valence-electron chi connectivity index (χ0n) is 10.5. The maximum atomic E-state index is 11.9. The second-order valence-corrected chi connectivity index (χ2v) is 4.66. The third kappa shape index (κ3) is 2.60. The summed E-state index contributed by atoms with van der Waals surface area (Å²) in [7, 11) is 0. The van der Waals surface area contributed by atoms with Crippen LogP contribution in [0.15, 0.2) is 18.2 Å². The first-order chi connectivity index (χ1) is 8.22. The van der Waals surface area contributed by atoms with Gasteiger partial charge in [-0.15, -0.1) is 0 Å². The number of nitrogens with one attached hydrogen (secondary N) is 2. The lowest BCUT2D eigenvalue weighted by Gasteiger charge is -2.21. The summed E-state index contributed by atoms with van der Waals surface area (Å²) in [6.07, 6.45) is 3.04. The monoisotopic (exact) mass is 232 g/mol. The Labute approximate surface area is 103 Å². The molecule has 1 amide bonds. The summed E-state index contributed by atoms with van der Waals surface area (Å²) in [4.78, 5) is 11.9. The highest BCUT2D eigenvalue weighted by atomic mass is 16.1. The number of hydrogen-bond acceptors (Lipinski definition) is 2. The Hall–Kier alpha value is -1.51. The highest BCUT2D eigenvalue weighted by Crippen LogP contribution is 2.29. The molecule has 2 N–H and O–H groups in total. The normalized spacial score (nSPS) is 15.6. The Morgan fingerprint density at radius 2 is 2.35 bits per heavy atom. The van der Waals surface area contributed by atoms with Gasteiger partial charge in [-0.1, -0.05) is 19.9 Å². The molecule has 1 aliphatic rings. The van der Waals surface area contributed by atoms with E-state index in [1.165, 1.54) is 11.3 Å². The van der Waals surface area contributed by atoms with Crippen molar-refractivity contribution in [1.82, 2.24) is 0 Å². The minimum atomic E-state index is 0.0717. The van der Waals surface area contributed by atoms with E-state index in [0.717, 1.165) is 31.5 Å². The number of fused-ring (bicyclic) bond motifs is 1. The molecule has 1 aromatic rings. The Balaban J connectivity index is 2.18. The number of carbonyl (C=O) groups excluding carboxylic acids is 1. The predicted molar refractivity (Wildman–Crippen MR) is 71.3 cm³/mol. The summed E-state index contributed by atoms with van der Waals surface area (Å²) in [5.41, 5.74) is 3.38. The molecule has 1 unspecified atom stereocenters. The molecule has 0 spiro atoms. The smallest absolute Gasteiger partial charge is 0.227 e. The van der Waals surface area contributed by atoms with Crippen molar-refractivity contribution in [3.63, 3.8) is 0 Å². The second kappa shape index (κ2) is 5.21. The third-order valence-electron chi connectivity index (χ3n) is 3.41. The topological polar surface area (TPSA) is 41.1 Å². The Morgan fingerprint density at radius 3 is 3.12 bits per heavy atom. The molecule has 3 heteroatoms. The summed E-state index contributed by atoms with van der Waals surface area (Å²) in [5, 5.41) is 6.41. The summed E-state index contributed by atoms with van der Waals surface area (Å²) in [6.45, 7) is 5.02. The molecule has 0 saturated carbocycles. The highest BCUT2D eigenvalue weighted by molar-refractivity contribution is 5.94. The van der Waals surface area contributed by atoms with Crippen LogP contribution in [0.2, 0.25) is 0 Å². The molecule has 0 aromatic heterocycles. The standard InChI is InChI=1S/C14H20N2O/c1-3-10(2)14(17)16-13-8-4-7-12-11(13)6-5-9-15-12/h4,7-8,10,15H,3,5-6,9H2,1-2H3,(H,16,17). The molecule has 0 saturated heterocycles. The molecule has 3 nitrogen and oxygen atoms in total. The molecule has 17 heavy (non-hydrogen) atoms. The maximum absolute atomic E-state index is 11.9. The molecular weight excluding hydrogens is 212 g/mol. The van der Waals surface area contributed by atoms with E-state index in [2.05, 4.69) is 16.7 Å². The van der Waals surface area contributed by atoms with Crippen molar-refractivity contribution in [2.45, 2.75) is 33.1 Å². The van der Waals surface area contributed by atoms with E-state index in [9.17, 15) is 4.79 Å². The number of carbonyl (C=O) groups is 1. The van der Waals surface area contributed by atoms with E-state index >= 15 is 0 Å². The molecule has 0 aliphatic carbocycles. The second-order valence-electron chi connectivity index (χ2n) is 4.66. The van der Waals surface area contributed by atoms with E-state index in [1.54, 1.807) is 0 Å². The van der Waals surface area contributed by atoms with Crippen LogP contribution >= 0.6 is 0 Å². The maximum Gasteiger partial charge on any atom is 0.227 e. The van der Waals surface area contributed by atoms with Gasteiger partial charge in [-0.05, 0) is 37.0 Å². The molecule has 2 rings (SSSR count). The van der Waals surface area contributed by atoms with Crippen molar-refractivity contribution in [1.29, 1.82) is 0 Å². The van der Waals surface area contributed by atoms with Gasteiger partial charge >= 0.3 is 0 Å². The van der Waals surface area contributed by atoms with Gasteiger partial charge in [0, 0.05) is 23.8 Å². The van der Waals surface area contributed by atoms with Crippen molar-refractivity contribution in [2.24, 2.45) is 5.92 Å². The molecule has 0 radical (unpaired) electrons. The first-order valence-corrected chi connectivity index (χ1v) is 6.39. The van der Waals surface area contributed by atoms with Crippen LogP contribution in [0.4, 0.5) is 11.4 Å². The third-order valence-corrected chi connectivity index (χ3v) is 3.41. The Kier molecular flexibility index (Phi) is 3.67. The molecule has 92 valence electrons. The average molecular weight is 232 g/mol. The zero-order chi connectivity index (χ0) is 12.3. The fourth-order valence-electron chi connectivity index (χ4n) is 2.07. The van der Waals surface area contributed by atoms with Gasteiger partial charge in [0.15, 0.2) is 0 Å². The number of hydrogen-bond donors (Lipinski definition) is 2. The molecule has 1 atom stereocenters. The fraction of sp³-hybridized carbons (Fsp3) is 0.500. The van der Waals surface area contributed by atoms with E-state index < -0.39 is 0 Å². The summed E-state index contributed by atoms with van der Waals surface area (Å²) < 4.78 is 0.